The third-order valence-electron chi connectivity index (χ3n) is 2.50. The second-order valence-corrected chi connectivity index (χ2v) is 5.57. The zero-order valence-electron chi connectivity index (χ0n) is 10.0. The molecule has 98 valence electrons. The van der Waals surface area contributed by atoms with Gasteiger partial charge in [-0.05, 0) is 35.9 Å². The molecule has 0 aliphatic heterocycles. The summed E-state index contributed by atoms with van der Waals surface area (Å²) in [7, 11) is -3.77. The van der Waals surface area contributed by atoms with Crippen molar-refractivity contribution >= 4 is 21.8 Å². The molecule has 2 aromatic rings. The van der Waals surface area contributed by atoms with Crippen molar-refractivity contribution in [2.45, 2.75) is 4.90 Å². The number of rotatable bonds is 4. The molecular weight excluding hydrogens is 265 g/mol. The summed E-state index contributed by atoms with van der Waals surface area (Å²) in [6, 6.07) is 11.6. The van der Waals surface area contributed by atoms with Crippen LogP contribution in [0.25, 0.3) is 6.08 Å². The summed E-state index contributed by atoms with van der Waals surface area (Å²) in [5, 5.41) is 0. The Morgan fingerprint density at radius 3 is 2.37 bits per heavy atom. The molecule has 5 heteroatoms. The van der Waals surface area contributed by atoms with Gasteiger partial charge in [0.05, 0.1) is 4.90 Å². The van der Waals surface area contributed by atoms with Gasteiger partial charge in [-0.3, -0.25) is 4.72 Å². The van der Waals surface area contributed by atoms with Crippen molar-refractivity contribution in [3.8, 4) is 0 Å². The maximum atomic E-state index is 13.0. The third kappa shape index (κ3) is 3.20. The largest absolute Gasteiger partial charge is 0.280 e. The van der Waals surface area contributed by atoms with Crippen molar-refractivity contribution in [1.82, 2.24) is 0 Å². The molecular formula is C14H12FNO2S. The normalized spacial score (nSPS) is 11.0. The molecule has 0 saturated carbocycles. The van der Waals surface area contributed by atoms with E-state index in [1.807, 2.05) is 0 Å². The van der Waals surface area contributed by atoms with E-state index in [0.717, 1.165) is 11.6 Å². The molecule has 1 N–H and O–H groups in total. The molecule has 0 bridgehead atoms. The lowest BCUT2D eigenvalue weighted by Crippen LogP contribution is -2.13. The van der Waals surface area contributed by atoms with Gasteiger partial charge in [0.1, 0.15) is 5.82 Å². The van der Waals surface area contributed by atoms with Gasteiger partial charge in [-0.25, -0.2) is 12.8 Å². The fourth-order valence-corrected chi connectivity index (χ4v) is 2.63. The quantitative estimate of drug-likeness (QED) is 0.932. The molecule has 0 saturated heterocycles. The molecule has 0 aliphatic rings. The number of anilines is 1. The Labute approximate surface area is 111 Å². The van der Waals surface area contributed by atoms with Crippen molar-refractivity contribution in [2.75, 3.05) is 4.72 Å². The second kappa shape index (κ2) is 5.24. The summed E-state index contributed by atoms with van der Waals surface area (Å²) in [5.74, 6) is -0.593. The van der Waals surface area contributed by atoms with E-state index in [9.17, 15) is 12.8 Å². The average Bonchev–Trinajstić information content (AvgIpc) is 2.39. The lowest BCUT2D eigenvalue weighted by Gasteiger charge is -2.08. The van der Waals surface area contributed by atoms with Crippen molar-refractivity contribution < 1.29 is 12.8 Å². The van der Waals surface area contributed by atoms with Crippen LogP contribution in [0, 0.1) is 5.82 Å². The van der Waals surface area contributed by atoms with Gasteiger partial charge in [-0.2, -0.15) is 0 Å². The molecule has 0 atom stereocenters. The van der Waals surface area contributed by atoms with E-state index in [2.05, 4.69) is 11.3 Å². The predicted octanol–water partition coefficient (Wildman–Crippen LogP) is 3.27. The summed E-state index contributed by atoms with van der Waals surface area (Å²) in [6.07, 6.45) is 1.66. The molecule has 0 radical (unpaired) electrons. The second-order valence-electron chi connectivity index (χ2n) is 3.89. The summed E-state index contributed by atoms with van der Waals surface area (Å²) in [6.45, 7) is 3.61. The van der Waals surface area contributed by atoms with E-state index < -0.39 is 15.8 Å². The minimum Gasteiger partial charge on any atom is -0.280 e. The first-order chi connectivity index (χ1) is 9.01. The number of benzene rings is 2. The van der Waals surface area contributed by atoms with E-state index in [1.54, 1.807) is 30.3 Å². The zero-order chi connectivity index (χ0) is 13.9. The van der Waals surface area contributed by atoms with Crippen LogP contribution in [0.5, 0.6) is 0 Å². The number of nitrogens with one attached hydrogen (secondary N) is 1. The minimum absolute atomic E-state index is 0.111. The molecule has 0 fully saturated rings. The first-order valence-electron chi connectivity index (χ1n) is 5.52. The van der Waals surface area contributed by atoms with Crippen molar-refractivity contribution in [1.29, 1.82) is 0 Å². The smallest absolute Gasteiger partial charge is 0.261 e. The topological polar surface area (TPSA) is 46.2 Å². The van der Waals surface area contributed by atoms with Crippen LogP contribution in [-0.2, 0) is 10.0 Å². The monoisotopic (exact) mass is 277 g/mol. The van der Waals surface area contributed by atoms with Gasteiger partial charge >= 0.3 is 0 Å². The first-order valence-corrected chi connectivity index (χ1v) is 7.00. The van der Waals surface area contributed by atoms with Gasteiger partial charge in [0.15, 0.2) is 0 Å². The van der Waals surface area contributed by atoms with Crippen LogP contribution in [0.15, 0.2) is 60.0 Å². The average molecular weight is 277 g/mol. The summed E-state index contributed by atoms with van der Waals surface area (Å²) in [4.78, 5) is -0.111. The maximum absolute atomic E-state index is 13.0. The molecule has 2 rings (SSSR count). The number of halogens is 1. The SMILES string of the molecule is C=Cc1ccc(NS(=O)(=O)c2cccc(F)c2)cc1. The van der Waals surface area contributed by atoms with Crippen molar-refractivity contribution in [3.63, 3.8) is 0 Å². The summed E-state index contributed by atoms with van der Waals surface area (Å²) >= 11 is 0. The van der Waals surface area contributed by atoms with Crippen LogP contribution in [0.4, 0.5) is 10.1 Å². The van der Waals surface area contributed by atoms with Gasteiger partial charge in [0, 0.05) is 5.69 Å². The Morgan fingerprint density at radius 1 is 1.11 bits per heavy atom. The third-order valence-corrected chi connectivity index (χ3v) is 3.88. The fraction of sp³-hybridized carbons (Fsp3) is 0. The molecule has 3 nitrogen and oxygen atoms in total. The van der Waals surface area contributed by atoms with Crippen LogP contribution in [0.2, 0.25) is 0 Å². The zero-order valence-corrected chi connectivity index (χ0v) is 10.8. The Kier molecular flexibility index (Phi) is 3.66. The summed E-state index contributed by atoms with van der Waals surface area (Å²) in [5.41, 5.74) is 1.29. The minimum atomic E-state index is -3.77. The van der Waals surface area contributed by atoms with Gasteiger partial charge < -0.3 is 0 Å². The van der Waals surface area contributed by atoms with Crippen LogP contribution in [0.1, 0.15) is 5.56 Å². The van der Waals surface area contributed by atoms with E-state index in [1.165, 1.54) is 18.2 Å². The Bertz CT molecular complexity index is 694. The van der Waals surface area contributed by atoms with E-state index in [4.69, 9.17) is 0 Å². The Balaban J connectivity index is 2.28. The molecule has 0 aromatic heterocycles. The van der Waals surface area contributed by atoms with Gasteiger partial charge in [0.25, 0.3) is 10.0 Å². The van der Waals surface area contributed by atoms with E-state index in [0.29, 0.717) is 5.69 Å². The highest BCUT2D eigenvalue weighted by Crippen LogP contribution is 2.17. The molecule has 0 amide bonds. The lowest BCUT2D eigenvalue weighted by atomic mass is 10.2. The molecule has 19 heavy (non-hydrogen) atoms. The highest BCUT2D eigenvalue weighted by atomic mass is 32.2. The molecule has 0 unspecified atom stereocenters. The van der Waals surface area contributed by atoms with Crippen molar-refractivity contribution in [3.05, 3.63) is 66.5 Å². The highest BCUT2D eigenvalue weighted by molar-refractivity contribution is 7.92. The fourth-order valence-electron chi connectivity index (χ4n) is 1.54. The molecule has 0 spiro atoms. The maximum Gasteiger partial charge on any atom is 0.261 e. The Hall–Kier alpha value is -2.14. The highest BCUT2D eigenvalue weighted by Gasteiger charge is 2.14. The van der Waals surface area contributed by atoms with Gasteiger partial charge in [0.2, 0.25) is 0 Å². The molecule has 2 aromatic carbocycles. The van der Waals surface area contributed by atoms with E-state index in [-0.39, 0.29) is 4.90 Å². The summed E-state index contributed by atoms with van der Waals surface area (Å²) < 4.78 is 39.4. The van der Waals surface area contributed by atoms with E-state index >= 15 is 0 Å². The number of hydrogen-bond acceptors (Lipinski definition) is 2. The van der Waals surface area contributed by atoms with Crippen LogP contribution < -0.4 is 4.72 Å². The first kappa shape index (κ1) is 13.3. The van der Waals surface area contributed by atoms with Gasteiger partial charge in [-0.15, -0.1) is 0 Å². The molecule has 0 heterocycles. The number of hydrogen-bond donors (Lipinski definition) is 1. The predicted molar refractivity (Wildman–Crippen MR) is 73.7 cm³/mol. The number of sulfonamides is 1. The lowest BCUT2D eigenvalue weighted by molar-refractivity contribution is 0.595. The Morgan fingerprint density at radius 2 is 1.79 bits per heavy atom. The van der Waals surface area contributed by atoms with Crippen LogP contribution in [0.3, 0.4) is 0 Å². The standard InChI is InChI=1S/C14H12FNO2S/c1-2-11-6-8-13(9-7-11)16-19(17,18)14-5-3-4-12(15)10-14/h2-10,16H,1H2. The van der Waals surface area contributed by atoms with Crippen molar-refractivity contribution in [2.24, 2.45) is 0 Å². The van der Waals surface area contributed by atoms with Gasteiger partial charge in [-0.1, -0.05) is 30.9 Å². The van der Waals surface area contributed by atoms with Crippen LogP contribution >= 0.6 is 0 Å². The molecule has 0 aliphatic carbocycles. The van der Waals surface area contributed by atoms with Crippen LogP contribution in [-0.4, -0.2) is 8.42 Å².